The van der Waals surface area contributed by atoms with Crippen LogP contribution in [0.1, 0.15) is 33.4 Å². The van der Waals surface area contributed by atoms with Gasteiger partial charge in [-0.2, -0.15) is 4.72 Å². The Bertz CT molecular complexity index is 1900. The van der Waals surface area contributed by atoms with Crippen LogP contribution in [0.25, 0.3) is 11.0 Å². The molecule has 0 fully saturated rings. The molecule has 0 radical (unpaired) electrons. The van der Waals surface area contributed by atoms with Crippen LogP contribution in [0.5, 0.6) is 5.75 Å². The summed E-state index contributed by atoms with van der Waals surface area (Å²) in [4.78, 5) is 26.8. The summed E-state index contributed by atoms with van der Waals surface area (Å²) in [6.45, 7) is 5.46. The van der Waals surface area contributed by atoms with Crippen LogP contribution >= 0.6 is 0 Å². The fourth-order valence-corrected chi connectivity index (χ4v) is 6.08. The van der Waals surface area contributed by atoms with Crippen LogP contribution in [0.4, 0.5) is 0 Å². The molecule has 0 aliphatic carbocycles. The lowest BCUT2D eigenvalue weighted by Gasteiger charge is -2.19. The Kier molecular flexibility index (Phi) is 8.38. The van der Waals surface area contributed by atoms with Crippen LogP contribution < -0.4 is 15.1 Å². The summed E-state index contributed by atoms with van der Waals surface area (Å²) in [5.41, 5.74) is 4.23. The van der Waals surface area contributed by atoms with Gasteiger partial charge in [0.05, 0.1) is 10.3 Å². The van der Waals surface area contributed by atoms with E-state index >= 15 is 0 Å². The largest absolute Gasteiger partial charge is 0.425 e. The van der Waals surface area contributed by atoms with Crippen LogP contribution in [0.2, 0.25) is 0 Å². The zero-order valence-electron chi connectivity index (χ0n) is 23.6. The number of hydrogen-bond donors (Lipinski definition) is 1. The van der Waals surface area contributed by atoms with E-state index in [-0.39, 0.29) is 22.6 Å². The minimum absolute atomic E-state index is 0.0446. The molecule has 1 aromatic heterocycles. The molecule has 42 heavy (non-hydrogen) atoms. The maximum Gasteiger partial charge on any atom is 0.340 e. The maximum atomic E-state index is 13.7. The molecular weight excluding hydrogens is 550 g/mol. The van der Waals surface area contributed by atoms with Gasteiger partial charge in [0.25, 0.3) is 0 Å². The standard InChI is InChI=1S/C34H31NO6S/c1-22-14-16-27(17-15-22)42(38,39)35-29(21-26-12-8-5-9-13-26)34(37)41-31-19-23(2)18-30-32(31)24(3)28(33(36)40-30)20-25-10-6-4-7-11-25/h4-19,29,35H,20-21H2,1-3H3. The Balaban J connectivity index is 1.53. The van der Waals surface area contributed by atoms with Crippen molar-refractivity contribution >= 4 is 27.0 Å². The molecule has 1 unspecified atom stereocenters. The average molecular weight is 582 g/mol. The second kappa shape index (κ2) is 12.1. The van der Waals surface area contributed by atoms with Crippen molar-refractivity contribution in [2.75, 3.05) is 0 Å². The van der Waals surface area contributed by atoms with E-state index in [2.05, 4.69) is 4.72 Å². The predicted molar refractivity (Wildman–Crippen MR) is 162 cm³/mol. The monoisotopic (exact) mass is 581 g/mol. The van der Waals surface area contributed by atoms with Crippen molar-refractivity contribution in [2.45, 2.75) is 44.6 Å². The summed E-state index contributed by atoms with van der Waals surface area (Å²) >= 11 is 0. The Morgan fingerprint density at radius 2 is 1.45 bits per heavy atom. The van der Waals surface area contributed by atoms with Gasteiger partial charge in [-0.3, -0.25) is 0 Å². The molecule has 1 N–H and O–H groups in total. The third-order valence-corrected chi connectivity index (χ3v) is 8.60. The van der Waals surface area contributed by atoms with Crippen molar-refractivity contribution in [2.24, 2.45) is 0 Å². The summed E-state index contributed by atoms with van der Waals surface area (Å²) in [7, 11) is -4.05. The van der Waals surface area contributed by atoms with Gasteiger partial charge in [0, 0.05) is 12.0 Å². The Labute approximate surface area is 244 Å². The van der Waals surface area contributed by atoms with Gasteiger partial charge in [0.1, 0.15) is 17.4 Å². The lowest BCUT2D eigenvalue weighted by molar-refractivity contribution is -0.136. The highest BCUT2D eigenvalue weighted by atomic mass is 32.2. The molecule has 4 aromatic carbocycles. The van der Waals surface area contributed by atoms with E-state index < -0.39 is 27.7 Å². The second-order valence-corrected chi connectivity index (χ2v) is 12.1. The number of benzene rings is 4. The smallest absolute Gasteiger partial charge is 0.340 e. The van der Waals surface area contributed by atoms with Crippen LogP contribution in [-0.2, 0) is 27.7 Å². The molecular formula is C34H31NO6S. The van der Waals surface area contributed by atoms with Gasteiger partial charge in [0.15, 0.2) is 0 Å². The van der Waals surface area contributed by atoms with Gasteiger partial charge in [-0.15, -0.1) is 0 Å². The maximum absolute atomic E-state index is 13.7. The molecule has 7 nitrogen and oxygen atoms in total. The summed E-state index contributed by atoms with van der Waals surface area (Å²) in [5, 5.41) is 0.485. The van der Waals surface area contributed by atoms with Crippen LogP contribution in [-0.4, -0.2) is 20.4 Å². The third-order valence-electron chi connectivity index (χ3n) is 7.12. The first kappa shape index (κ1) is 29.0. The number of rotatable bonds is 9. The minimum Gasteiger partial charge on any atom is -0.425 e. The molecule has 0 saturated carbocycles. The molecule has 8 heteroatoms. The zero-order valence-corrected chi connectivity index (χ0v) is 24.4. The molecule has 0 amide bonds. The number of fused-ring (bicyclic) bond motifs is 1. The van der Waals surface area contributed by atoms with Gasteiger partial charge in [-0.25, -0.2) is 18.0 Å². The number of hydrogen-bond acceptors (Lipinski definition) is 6. The van der Waals surface area contributed by atoms with Crippen molar-refractivity contribution < 1.29 is 22.4 Å². The van der Waals surface area contributed by atoms with E-state index in [1.165, 1.54) is 12.1 Å². The number of carbonyl (C=O) groups excluding carboxylic acids is 1. The van der Waals surface area contributed by atoms with Crippen molar-refractivity contribution in [1.82, 2.24) is 4.72 Å². The quantitative estimate of drug-likeness (QED) is 0.134. The molecule has 1 atom stereocenters. The number of esters is 1. The molecule has 0 spiro atoms. The van der Waals surface area contributed by atoms with Gasteiger partial charge >= 0.3 is 11.6 Å². The molecule has 0 aliphatic rings. The van der Waals surface area contributed by atoms with Crippen LogP contribution in [0.15, 0.2) is 111 Å². The summed E-state index contributed by atoms with van der Waals surface area (Å²) in [6.07, 6.45) is 0.418. The number of sulfonamides is 1. The van der Waals surface area contributed by atoms with Crippen molar-refractivity contribution in [3.8, 4) is 5.75 Å². The topological polar surface area (TPSA) is 103 Å². The van der Waals surface area contributed by atoms with Gasteiger partial charge in [-0.05, 0) is 73.7 Å². The van der Waals surface area contributed by atoms with Crippen molar-refractivity contribution in [3.05, 3.63) is 141 Å². The molecule has 0 bridgehead atoms. The molecule has 214 valence electrons. The van der Waals surface area contributed by atoms with E-state index in [0.717, 1.165) is 16.7 Å². The molecule has 1 heterocycles. The predicted octanol–water partition coefficient (Wildman–Crippen LogP) is 5.80. The molecule has 5 rings (SSSR count). The van der Waals surface area contributed by atoms with Crippen LogP contribution in [0, 0.1) is 20.8 Å². The van der Waals surface area contributed by atoms with Gasteiger partial charge in [0.2, 0.25) is 10.0 Å². The number of ether oxygens (including phenoxy) is 1. The Morgan fingerprint density at radius 3 is 2.10 bits per heavy atom. The summed E-state index contributed by atoms with van der Waals surface area (Å²) in [6, 6.07) is 27.2. The highest BCUT2D eigenvalue weighted by molar-refractivity contribution is 7.89. The first-order chi connectivity index (χ1) is 20.1. The van der Waals surface area contributed by atoms with E-state index in [4.69, 9.17) is 9.15 Å². The number of aryl methyl sites for hydroxylation is 3. The lowest BCUT2D eigenvalue weighted by Crippen LogP contribution is -2.44. The second-order valence-electron chi connectivity index (χ2n) is 10.4. The van der Waals surface area contributed by atoms with E-state index in [0.29, 0.717) is 28.5 Å². The van der Waals surface area contributed by atoms with Gasteiger partial charge < -0.3 is 9.15 Å². The SMILES string of the molecule is Cc1ccc(S(=O)(=O)NC(Cc2ccccc2)C(=O)Oc2cc(C)cc3oc(=O)c(Cc4ccccc4)c(C)c23)cc1. The average Bonchev–Trinajstić information content (AvgIpc) is 2.96. The summed E-state index contributed by atoms with van der Waals surface area (Å²) < 4.78 is 40.8. The third kappa shape index (κ3) is 6.51. The highest BCUT2D eigenvalue weighted by Crippen LogP contribution is 2.32. The van der Waals surface area contributed by atoms with E-state index in [1.54, 1.807) is 38.1 Å². The zero-order chi connectivity index (χ0) is 29.9. The van der Waals surface area contributed by atoms with Crippen molar-refractivity contribution in [3.63, 3.8) is 0 Å². The molecule has 0 saturated heterocycles. The normalized spacial score (nSPS) is 12.3. The fraction of sp³-hybridized carbons (Fsp3) is 0.176. The first-order valence-electron chi connectivity index (χ1n) is 13.6. The number of carbonyl (C=O) groups is 1. The highest BCUT2D eigenvalue weighted by Gasteiger charge is 2.29. The Morgan fingerprint density at radius 1 is 0.833 bits per heavy atom. The summed E-state index contributed by atoms with van der Waals surface area (Å²) in [5.74, 6) is -0.588. The van der Waals surface area contributed by atoms with E-state index in [1.807, 2.05) is 67.6 Å². The van der Waals surface area contributed by atoms with Gasteiger partial charge in [-0.1, -0.05) is 78.4 Å². The fourth-order valence-electron chi connectivity index (χ4n) is 4.90. The molecule has 0 aliphatic heterocycles. The minimum atomic E-state index is -4.05. The first-order valence-corrected chi connectivity index (χ1v) is 15.0. The Hall–Kier alpha value is -4.53. The van der Waals surface area contributed by atoms with Crippen LogP contribution in [0.3, 0.4) is 0 Å². The number of nitrogens with one attached hydrogen (secondary N) is 1. The lowest BCUT2D eigenvalue weighted by atomic mass is 9.98. The van der Waals surface area contributed by atoms with Crippen molar-refractivity contribution in [1.29, 1.82) is 0 Å². The molecule has 5 aromatic rings. The van der Waals surface area contributed by atoms with E-state index in [9.17, 15) is 18.0 Å².